The van der Waals surface area contributed by atoms with Crippen molar-refractivity contribution in [2.24, 2.45) is 0 Å². The van der Waals surface area contributed by atoms with E-state index in [1.807, 2.05) is 0 Å². The van der Waals surface area contributed by atoms with Gasteiger partial charge in [0.05, 0.1) is 12.1 Å². The van der Waals surface area contributed by atoms with Crippen molar-refractivity contribution in [3.8, 4) is 0 Å². The van der Waals surface area contributed by atoms with Crippen LogP contribution in [0.15, 0.2) is 24.3 Å². The maximum atomic E-state index is 13.2. The van der Waals surface area contributed by atoms with E-state index in [0.717, 1.165) is 0 Å². The quantitative estimate of drug-likeness (QED) is 0.589. The van der Waals surface area contributed by atoms with Crippen molar-refractivity contribution in [2.45, 2.75) is 13.3 Å². The molecule has 80 valence electrons. The molecule has 0 N–H and O–H groups in total. The first kappa shape index (κ1) is 11.7. The van der Waals surface area contributed by atoms with Crippen molar-refractivity contribution in [3.63, 3.8) is 0 Å². The zero-order chi connectivity index (χ0) is 11.4. The van der Waals surface area contributed by atoms with Crippen molar-refractivity contribution < 1.29 is 14.0 Å². The van der Waals surface area contributed by atoms with Gasteiger partial charge in [-0.25, -0.2) is 8.81 Å². The number of hydrogen-bond acceptors (Lipinski definition) is 2. The second-order valence-corrected chi connectivity index (χ2v) is 3.34. The van der Waals surface area contributed by atoms with Gasteiger partial charge in [0, 0.05) is 11.8 Å². The minimum atomic E-state index is -0.644. The zero-order valence-corrected chi connectivity index (χ0v) is 8.79. The van der Waals surface area contributed by atoms with Gasteiger partial charge in [0.25, 0.3) is 0 Å². The van der Waals surface area contributed by atoms with Crippen LogP contribution >= 0.6 is 11.8 Å². The highest BCUT2D eigenvalue weighted by molar-refractivity contribution is 6.37. The molecule has 0 aromatic heterocycles. The number of para-hydroxylation sites is 1. The predicted molar refractivity (Wildman–Crippen MR) is 55.0 cm³/mol. The molecule has 0 saturated carbocycles. The van der Waals surface area contributed by atoms with Crippen LogP contribution in [0.4, 0.5) is 10.1 Å². The Morgan fingerprint density at radius 3 is 2.53 bits per heavy atom. The Morgan fingerprint density at radius 2 is 2.00 bits per heavy atom. The summed E-state index contributed by atoms with van der Waals surface area (Å²) in [5.74, 6) is -1.57. The third-order valence-electron chi connectivity index (χ3n) is 1.68. The summed E-state index contributed by atoms with van der Waals surface area (Å²) >= 11 is 5.60. The van der Waals surface area contributed by atoms with E-state index >= 15 is 0 Å². The molecule has 0 radical (unpaired) electrons. The largest absolute Gasteiger partial charge is 0.299 e. The SMILES string of the molecule is CC(=O)CC(=O)N(Cl)c1ccccc1F. The smallest absolute Gasteiger partial charge is 0.249 e. The lowest BCUT2D eigenvalue weighted by atomic mass is 10.2. The van der Waals surface area contributed by atoms with Crippen LogP contribution in [0.5, 0.6) is 0 Å². The Morgan fingerprint density at radius 1 is 1.40 bits per heavy atom. The number of amides is 1. The maximum Gasteiger partial charge on any atom is 0.249 e. The standard InChI is InChI=1S/C10H9ClFNO2/c1-7(14)6-10(15)13(11)9-5-3-2-4-8(9)12/h2-5H,6H2,1H3. The molecule has 0 unspecified atom stereocenters. The lowest BCUT2D eigenvalue weighted by Gasteiger charge is -2.13. The zero-order valence-electron chi connectivity index (χ0n) is 8.04. The Bertz CT molecular complexity index is 395. The van der Waals surface area contributed by atoms with Crippen LogP contribution in [-0.4, -0.2) is 11.7 Å². The van der Waals surface area contributed by atoms with Crippen LogP contribution in [0.2, 0.25) is 0 Å². The summed E-state index contributed by atoms with van der Waals surface area (Å²) in [4.78, 5) is 22.0. The average molecular weight is 230 g/mol. The summed E-state index contributed by atoms with van der Waals surface area (Å²) in [6.45, 7) is 1.27. The van der Waals surface area contributed by atoms with E-state index in [4.69, 9.17) is 11.8 Å². The van der Waals surface area contributed by atoms with Crippen LogP contribution in [-0.2, 0) is 9.59 Å². The Balaban J connectivity index is 2.85. The fraction of sp³-hybridized carbons (Fsp3) is 0.200. The van der Waals surface area contributed by atoms with Crippen molar-refractivity contribution in [1.29, 1.82) is 0 Å². The summed E-state index contributed by atoms with van der Waals surface area (Å²) in [5.41, 5.74) is -0.0505. The predicted octanol–water partition coefficient (Wildman–Crippen LogP) is 2.29. The van der Waals surface area contributed by atoms with Crippen LogP contribution in [0.3, 0.4) is 0 Å². The number of Topliss-reactive ketones (excluding diaryl/α,β-unsaturated/α-hetero) is 1. The molecule has 0 fully saturated rings. The summed E-state index contributed by atoms with van der Waals surface area (Å²) < 4.78 is 13.8. The Hall–Kier alpha value is -1.42. The van der Waals surface area contributed by atoms with Crippen LogP contribution in [0.25, 0.3) is 0 Å². The van der Waals surface area contributed by atoms with Crippen LogP contribution < -0.4 is 4.42 Å². The molecular formula is C10H9ClFNO2. The highest BCUT2D eigenvalue weighted by atomic mass is 35.5. The van der Waals surface area contributed by atoms with Gasteiger partial charge in [-0.15, -0.1) is 0 Å². The van der Waals surface area contributed by atoms with E-state index in [9.17, 15) is 14.0 Å². The maximum absolute atomic E-state index is 13.2. The van der Waals surface area contributed by atoms with E-state index in [1.165, 1.54) is 25.1 Å². The van der Waals surface area contributed by atoms with Gasteiger partial charge in [0.2, 0.25) is 5.91 Å². The average Bonchev–Trinajstić information content (AvgIpc) is 2.16. The molecule has 0 atom stereocenters. The molecule has 1 aromatic carbocycles. The van der Waals surface area contributed by atoms with Crippen molar-refractivity contribution in [3.05, 3.63) is 30.1 Å². The van der Waals surface area contributed by atoms with Crippen molar-refractivity contribution >= 4 is 29.2 Å². The van der Waals surface area contributed by atoms with Gasteiger partial charge in [0.15, 0.2) is 0 Å². The Labute approximate surface area is 91.6 Å². The number of hydrogen-bond donors (Lipinski definition) is 0. The molecule has 0 aliphatic heterocycles. The van der Waals surface area contributed by atoms with Crippen molar-refractivity contribution in [1.82, 2.24) is 0 Å². The lowest BCUT2D eigenvalue weighted by Crippen LogP contribution is -2.23. The number of ketones is 1. The minimum Gasteiger partial charge on any atom is -0.299 e. The molecule has 5 heteroatoms. The van der Waals surface area contributed by atoms with E-state index in [1.54, 1.807) is 6.07 Å². The number of nitrogens with zero attached hydrogens (tertiary/aromatic N) is 1. The summed E-state index contributed by atoms with van der Waals surface area (Å²) in [5, 5.41) is 0. The molecule has 1 aromatic rings. The Kier molecular flexibility index (Phi) is 3.80. The number of rotatable bonds is 3. The van der Waals surface area contributed by atoms with Gasteiger partial charge in [-0.05, 0) is 19.1 Å². The number of carbonyl (C=O) groups is 2. The van der Waals surface area contributed by atoms with Gasteiger partial charge in [0.1, 0.15) is 11.6 Å². The molecule has 1 amide bonds. The molecule has 15 heavy (non-hydrogen) atoms. The third-order valence-corrected chi connectivity index (χ3v) is 2.05. The van der Waals surface area contributed by atoms with Crippen LogP contribution in [0, 0.1) is 5.82 Å². The molecular weight excluding hydrogens is 221 g/mol. The highest BCUT2D eigenvalue weighted by Gasteiger charge is 2.17. The van der Waals surface area contributed by atoms with Crippen LogP contribution in [0.1, 0.15) is 13.3 Å². The first-order chi connectivity index (χ1) is 7.02. The molecule has 0 bridgehead atoms. The van der Waals surface area contributed by atoms with E-state index in [0.29, 0.717) is 4.42 Å². The van der Waals surface area contributed by atoms with Gasteiger partial charge >= 0.3 is 0 Å². The highest BCUT2D eigenvalue weighted by Crippen LogP contribution is 2.21. The van der Waals surface area contributed by atoms with Crippen molar-refractivity contribution in [2.75, 3.05) is 4.42 Å². The van der Waals surface area contributed by atoms with E-state index < -0.39 is 11.7 Å². The molecule has 0 saturated heterocycles. The summed E-state index contributed by atoms with van der Waals surface area (Å²) in [6, 6.07) is 5.58. The second-order valence-electron chi connectivity index (χ2n) is 3.00. The molecule has 0 aliphatic rings. The molecule has 0 aliphatic carbocycles. The monoisotopic (exact) mass is 229 g/mol. The number of benzene rings is 1. The number of anilines is 1. The number of carbonyl (C=O) groups excluding carboxylic acids is 2. The van der Waals surface area contributed by atoms with E-state index in [2.05, 4.69) is 0 Å². The third kappa shape index (κ3) is 3.02. The van der Waals surface area contributed by atoms with Gasteiger partial charge < -0.3 is 0 Å². The van der Waals surface area contributed by atoms with Gasteiger partial charge in [-0.1, -0.05) is 12.1 Å². The fourth-order valence-electron chi connectivity index (χ4n) is 1.03. The number of halogens is 2. The fourth-order valence-corrected chi connectivity index (χ4v) is 1.22. The normalized spacial score (nSPS) is 9.80. The van der Waals surface area contributed by atoms with Gasteiger partial charge in [-0.2, -0.15) is 0 Å². The minimum absolute atomic E-state index is 0.0505. The van der Waals surface area contributed by atoms with Gasteiger partial charge in [-0.3, -0.25) is 9.59 Å². The summed E-state index contributed by atoms with van der Waals surface area (Å²) in [6.07, 6.45) is -0.335. The summed E-state index contributed by atoms with van der Waals surface area (Å²) in [7, 11) is 0. The lowest BCUT2D eigenvalue weighted by molar-refractivity contribution is -0.124. The molecule has 1 rings (SSSR count). The first-order valence-corrected chi connectivity index (χ1v) is 4.59. The van der Waals surface area contributed by atoms with E-state index in [-0.39, 0.29) is 17.9 Å². The molecule has 0 spiro atoms. The first-order valence-electron chi connectivity index (χ1n) is 4.25. The second kappa shape index (κ2) is 4.89. The molecule has 0 heterocycles. The topological polar surface area (TPSA) is 37.4 Å². The molecule has 3 nitrogen and oxygen atoms in total.